The molecule has 4 nitrogen and oxygen atoms in total. The minimum atomic E-state index is -3.62. The van der Waals surface area contributed by atoms with Gasteiger partial charge < -0.3 is 4.74 Å². The van der Waals surface area contributed by atoms with Gasteiger partial charge in [0.25, 0.3) is 0 Å². The smallest absolute Gasteiger partial charge is 0.236 e. The molecule has 0 fully saturated rings. The van der Waals surface area contributed by atoms with Crippen LogP contribution in [0, 0.1) is 0 Å². The Labute approximate surface area is 98.1 Å². The number of nitrogens with zero attached hydrogens (tertiary/aromatic N) is 1. The fourth-order valence-corrected chi connectivity index (χ4v) is 2.60. The van der Waals surface area contributed by atoms with Crippen molar-refractivity contribution in [1.82, 2.24) is 0 Å². The van der Waals surface area contributed by atoms with Crippen LogP contribution in [0.4, 0.5) is 0 Å². The Morgan fingerprint density at radius 1 is 1.38 bits per heavy atom. The molecule has 0 saturated carbocycles. The number of ether oxygens (including phenoxy) is 1. The van der Waals surface area contributed by atoms with Gasteiger partial charge in [-0.1, -0.05) is 23.7 Å². The summed E-state index contributed by atoms with van der Waals surface area (Å²) in [5, 5.41) is -0.0450. The summed E-state index contributed by atoms with van der Waals surface area (Å²) >= 11 is 5.55. The Balaban J connectivity index is 2.49. The third kappa shape index (κ3) is 1.72. The molecule has 0 bridgehead atoms. The average molecular weight is 258 g/mol. The van der Waals surface area contributed by atoms with E-state index in [4.69, 9.17) is 16.3 Å². The third-order valence-electron chi connectivity index (χ3n) is 2.11. The number of hydrogen-bond donors (Lipinski definition) is 0. The minimum Gasteiger partial charge on any atom is -0.497 e. The van der Waals surface area contributed by atoms with Crippen LogP contribution in [0.25, 0.3) is 0 Å². The molecule has 1 aliphatic heterocycles. The Hall–Kier alpha value is -1.33. The SMILES string of the molecule is COc1cccc(C2=NC=C(Cl)S2(=O)=O)c1. The van der Waals surface area contributed by atoms with E-state index in [0.717, 1.165) is 6.20 Å². The van der Waals surface area contributed by atoms with Gasteiger partial charge in [0.1, 0.15) is 5.75 Å². The fraction of sp³-hybridized carbons (Fsp3) is 0.100. The van der Waals surface area contributed by atoms with Crippen molar-refractivity contribution in [3.8, 4) is 5.75 Å². The number of aliphatic imine (C=N–C) groups is 1. The first-order valence-corrected chi connectivity index (χ1v) is 6.25. The summed E-state index contributed by atoms with van der Waals surface area (Å²) in [5.74, 6) is 0.568. The van der Waals surface area contributed by atoms with E-state index in [1.807, 2.05) is 0 Å². The molecule has 0 unspecified atom stereocenters. The summed E-state index contributed by atoms with van der Waals surface area (Å²) in [5.41, 5.74) is 0.464. The quantitative estimate of drug-likeness (QED) is 0.813. The van der Waals surface area contributed by atoms with Crippen molar-refractivity contribution in [2.75, 3.05) is 7.11 Å². The molecular formula is C10H8ClNO3S. The van der Waals surface area contributed by atoms with Crippen LogP contribution >= 0.6 is 11.6 Å². The van der Waals surface area contributed by atoms with E-state index in [0.29, 0.717) is 11.3 Å². The molecule has 1 aliphatic rings. The zero-order valence-corrected chi connectivity index (χ0v) is 9.92. The number of hydrogen-bond acceptors (Lipinski definition) is 4. The molecule has 1 aromatic rings. The van der Waals surface area contributed by atoms with Crippen molar-refractivity contribution in [1.29, 1.82) is 0 Å². The monoisotopic (exact) mass is 257 g/mol. The van der Waals surface area contributed by atoms with E-state index in [1.54, 1.807) is 24.3 Å². The number of rotatable bonds is 2. The highest BCUT2D eigenvalue weighted by atomic mass is 35.5. The molecule has 0 N–H and O–H groups in total. The highest BCUT2D eigenvalue weighted by Gasteiger charge is 2.29. The standard InChI is InChI=1S/C10H8ClNO3S/c1-15-8-4-2-3-7(5-8)10-12-6-9(11)16(10,13)14/h2-6H,1H3. The maximum atomic E-state index is 11.7. The zero-order valence-electron chi connectivity index (χ0n) is 8.34. The molecule has 0 spiro atoms. The number of sulfone groups is 1. The van der Waals surface area contributed by atoms with Gasteiger partial charge in [-0.05, 0) is 12.1 Å². The van der Waals surface area contributed by atoms with Crippen LogP contribution in [0.1, 0.15) is 5.56 Å². The molecule has 1 heterocycles. The van der Waals surface area contributed by atoms with Crippen LogP contribution in [0.3, 0.4) is 0 Å². The van der Waals surface area contributed by atoms with E-state index < -0.39 is 9.84 Å². The summed E-state index contributed by atoms with van der Waals surface area (Å²) in [6.45, 7) is 0. The maximum Gasteiger partial charge on any atom is 0.236 e. The van der Waals surface area contributed by atoms with E-state index in [-0.39, 0.29) is 9.41 Å². The molecule has 84 valence electrons. The van der Waals surface area contributed by atoms with Gasteiger partial charge in [0.05, 0.1) is 13.3 Å². The molecule has 16 heavy (non-hydrogen) atoms. The predicted molar refractivity (Wildman–Crippen MR) is 62.4 cm³/mol. The zero-order chi connectivity index (χ0) is 11.8. The van der Waals surface area contributed by atoms with Crippen molar-refractivity contribution in [2.24, 2.45) is 4.99 Å². The second kappa shape index (κ2) is 3.92. The summed E-state index contributed by atoms with van der Waals surface area (Å²) in [6, 6.07) is 6.65. The van der Waals surface area contributed by atoms with Crippen LogP contribution < -0.4 is 4.74 Å². The molecule has 0 aromatic heterocycles. The molecule has 0 saturated heterocycles. The van der Waals surface area contributed by atoms with E-state index in [2.05, 4.69) is 4.99 Å². The van der Waals surface area contributed by atoms with Gasteiger partial charge in [-0.2, -0.15) is 0 Å². The van der Waals surface area contributed by atoms with Crippen LogP contribution in [-0.2, 0) is 9.84 Å². The first kappa shape index (κ1) is 11.2. The van der Waals surface area contributed by atoms with Crippen LogP contribution in [0.15, 0.2) is 39.8 Å². The number of halogens is 1. The van der Waals surface area contributed by atoms with E-state index in [9.17, 15) is 8.42 Å². The molecule has 0 atom stereocenters. The van der Waals surface area contributed by atoms with Crippen molar-refractivity contribution in [3.05, 3.63) is 40.4 Å². The molecule has 2 rings (SSSR count). The third-order valence-corrected chi connectivity index (χ3v) is 4.29. The van der Waals surface area contributed by atoms with Crippen molar-refractivity contribution < 1.29 is 13.2 Å². The molecule has 0 aliphatic carbocycles. The topological polar surface area (TPSA) is 55.7 Å². The lowest BCUT2D eigenvalue weighted by Crippen LogP contribution is -2.12. The Morgan fingerprint density at radius 3 is 2.69 bits per heavy atom. The van der Waals surface area contributed by atoms with Gasteiger partial charge in [0.2, 0.25) is 9.84 Å². The average Bonchev–Trinajstić information content (AvgIpc) is 2.54. The summed E-state index contributed by atoms with van der Waals surface area (Å²) < 4.78 is 28.2. The first-order chi connectivity index (χ1) is 7.55. The Bertz CT molecular complexity index is 590. The first-order valence-electron chi connectivity index (χ1n) is 4.38. The lowest BCUT2D eigenvalue weighted by Gasteiger charge is -2.04. The second-order valence-corrected chi connectivity index (χ2v) is 5.57. The largest absolute Gasteiger partial charge is 0.497 e. The van der Waals surface area contributed by atoms with Crippen LogP contribution in [0.2, 0.25) is 0 Å². The Kier molecular flexibility index (Phi) is 2.73. The Morgan fingerprint density at radius 2 is 2.12 bits per heavy atom. The highest BCUT2D eigenvalue weighted by Crippen LogP contribution is 2.26. The molecule has 1 aromatic carbocycles. The van der Waals surface area contributed by atoms with Crippen LogP contribution in [0.5, 0.6) is 5.75 Å². The van der Waals surface area contributed by atoms with E-state index >= 15 is 0 Å². The molecule has 0 amide bonds. The van der Waals surface area contributed by atoms with Gasteiger partial charge in [0.15, 0.2) is 9.41 Å². The van der Waals surface area contributed by atoms with Gasteiger partial charge in [-0.15, -0.1) is 0 Å². The van der Waals surface area contributed by atoms with Crippen molar-refractivity contribution in [3.63, 3.8) is 0 Å². The van der Waals surface area contributed by atoms with Crippen LogP contribution in [-0.4, -0.2) is 20.6 Å². The fourth-order valence-electron chi connectivity index (χ4n) is 1.33. The lowest BCUT2D eigenvalue weighted by molar-refractivity contribution is 0.414. The van der Waals surface area contributed by atoms with Gasteiger partial charge in [0, 0.05) is 5.56 Å². The number of methoxy groups -OCH3 is 1. The van der Waals surface area contributed by atoms with Gasteiger partial charge in [-0.3, -0.25) is 0 Å². The van der Waals surface area contributed by atoms with Gasteiger partial charge >= 0.3 is 0 Å². The summed E-state index contributed by atoms with van der Waals surface area (Å²) in [6.07, 6.45) is 1.13. The molecular weight excluding hydrogens is 250 g/mol. The van der Waals surface area contributed by atoms with Crippen molar-refractivity contribution in [2.45, 2.75) is 0 Å². The minimum absolute atomic E-state index is 0.0450. The molecule has 0 radical (unpaired) electrons. The predicted octanol–water partition coefficient (Wildman–Crippen LogP) is 1.91. The summed E-state index contributed by atoms with van der Waals surface area (Å²) in [4.78, 5) is 3.79. The second-order valence-electron chi connectivity index (χ2n) is 3.10. The van der Waals surface area contributed by atoms with Gasteiger partial charge in [-0.25, -0.2) is 13.4 Å². The number of benzene rings is 1. The highest BCUT2D eigenvalue weighted by molar-refractivity contribution is 8.11. The summed E-state index contributed by atoms with van der Waals surface area (Å²) in [7, 11) is -2.11. The van der Waals surface area contributed by atoms with E-state index in [1.165, 1.54) is 7.11 Å². The maximum absolute atomic E-state index is 11.7. The lowest BCUT2D eigenvalue weighted by atomic mass is 10.2. The molecule has 6 heteroatoms. The van der Waals surface area contributed by atoms with Crippen molar-refractivity contribution >= 4 is 26.5 Å². The normalized spacial score (nSPS) is 17.9.